The van der Waals surface area contributed by atoms with Gasteiger partial charge in [0.1, 0.15) is 22.3 Å². The maximum Gasteiger partial charge on any atom is 0.410 e. The maximum absolute atomic E-state index is 12.9. The van der Waals surface area contributed by atoms with Crippen molar-refractivity contribution in [1.29, 1.82) is 0 Å². The SMILES string of the molecule is COc1cccc2c1CC1(CCN(C(=O)OC(C)(C)C)CC1)C2=N[S@](=O)C(C)(C)C. The Morgan fingerprint density at radius 1 is 1.13 bits per heavy atom. The normalized spacial score (nSPS) is 20.9. The first-order valence-electron chi connectivity index (χ1n) is 10.5. The Morgan fingerprint density at radius 3 is 2.30 bits per heavy atom. The van der Waals surface area contributed by atoms with E-state index in [1.807, 2.05) is 59.7 Å². The Balaban J connectivity index is 1.93. The van der Waals surface area contributed by atoms with E-state index in [2.05, 4.69) is 0 Å². The van der Waals surface area contributed by atoms with Gasteiger partial charge in [-0.15, -0.1) is 0 Å². The number of rotatable bonds is 2. The van der Waals surface area contributed by atoms with E-state index in [-0.39, 0.29) is 11.5 Å². The number of ether oxygens (including phenoxy) is 2. The molecule has 0 aromatic heterocycles. The first-order valence-corrected chi connectivity index (χ1v) is 11.6. The highest BCUT2D eigenvalue weighted by Crippen LogP contribution is 2.48. The van der Waals surface area contributed by atoms with Gasteiger partial charge in [0.2, 0.25) is 0 Å². The molecule has 1 amide bonds. The third-order valence-corrected chi connectivity index (χ3v) is 7.09. The van der Waals surface area contributed by atoms with Crippen LogP contribution in [-0.4, -0.2) is 51.5 Å². The van der Waals surface area contributed by atoms with E-state index in [1.165, 1.54) is 0 Å². The Hall–Kier alpha value is -1.89. The standard InChI is InChI=1S/C23H34N2O4S/c1-21(2,3)29-20(26)25-13-11-23(12-14-25)15-17-16(9-8-10-18(17)28-7)19(23)24-30(27)22(4,5)6/h8-10H,11-15H2,1-7H3/t30-/m1/s1. The molecule has 1 aromatic carbocycles. The zero-order valence-corrected chi connectivity index (χ0v) is 20.0. The smallest absolute Gasteiger partial charge is 0.410 e. The number of carbonyl (C=O) groups excluding carboxylic acids is 1. The van der Waals surface area contributed by atoms with Gasteiger partial charge in [-0.05, 0) is 66.9 Å². The summed E-state index contributed by atoms with van der Waals surface area (Å²) >= 11 is 0. The predicted molar refractivity (Wildman–Crippen MR) is 121 cm³/mol. The molecule has 3 rings (SSSR count). The lowest BCUT2D eigenvalue weighted by Gasteiger charge is -2.40. The van der Waals surface area contributed by atoms with Crippen LogP contribution in [0.15, 0.2) is 22.6 Å². The zero-order chi connectivity index (χ0) is 22.3. The summed E-state index contributed by atoms with van der Waals surface area (Å²) in [5, 5.41) is 0. The molecule has 1 aliphatic carbocycles. The van der Waals surface area contributed by atoms with Gasteiger partial charge in [0, 0.05) is 29.6 Å². The molecule has 1 saturated heterocycles. The quantitative estimate of drug-likeness (QED) is 0.686. The lowest BCUT2D eigenvalue weighted by Crippen LogP contribution is -2.47. The minimum absolute atomic E-state index is 0.240. The van der Waals surface area contributed by atoms with Crippen LogP contribution in [-0.2, 0) is 22.1 Å². The molecule has 0 saturated carbocycles. The van der Waals surface area contributed by atoms with Crippen molar-refractivity contribution in [3.05, 3.63) is 29.3 Å². The molecule has 0 bridgehead atoms. The molecule has 1 heterocycles. The van der Waals surface area contributed by atoms with Gasteiger partial charge >= 0.3 is 6.09 Å². The zero-order valence-electron chi connectivity index (χ0n) is 19.2. The van der Waals surface area contributed by atoms with Crippen LogP contribution in [0.4, 0.5) is 4.79 Å². The molecule has 0 radical (unpaired) electrons. The number of carbonyl (C=O) groups is 1. The summed E-state index contributed by atoms with van der Waals surface area (Å²) in [5.41, 5.74) is 2.29. The van der Waals surface area contributed by atoms with Crippen LogP contribution in [0.25, 0.3) is 0 Å². The summed E-state index contributed by atoms with van der Waals surface area (Å²) in [7, 11) is 0.317. The lowest BCUT2D eigenvalue weighted by atomic mass is 9.74. The van der Waals surface area contributed by atoms with Crippen molar-refractivity contribution in [3.63, 3.8) is 0 Å². The number of likely N-dealkylation sites (tertiary alicyclic amines) is 1. The third kappa shape index (κ3) is 4.56. The maximum atomic E-state index is 12.9. The highest BCUT2D eigenvalue weighted by molar-refractivity contribution is 7.85. The van der Waals surface area contributed by atoms with Gasteiger partial charge in [0.05, 0.1) is 17.6 Å². The van der Waals surface area contributed by atoms with E-state index in [9.17, 15) is 9.00 Å². The molecular formula is C23H34N2O4S. The summed E-state index contributed by atoms with van der Waals surface area (Å²) < 4.78 is 28.4. The summed E-state index contributed by atoms with van der Waals surface area (Å²) in [6, 6.07) is 5.97. The van der Waals surface area contributed by atoms with Gasteiger partial charge in [-0.25, -0.2) is 9.00 Å². The molecule has 0 unspecified atom stereocenters. The van der Waals surface area contributed by atoms with Crippen molar-refractivity contribution in [1.82, 2.24) is 4.90 Å². The third-order valence-electron chi connectivity index (χ3n) is 5.70. The Kier molecular flexibility index (Phi) is 6.07. The molecule has 1 spiro atoms. The molecule has 1 aromatic rings. The second-order valence-electron chi connectivity index (χ2n) is 10.2. The molecule has 6 nitrogen and oxygen atoms in total. The first kappa shape index (κ1) is 22.8. The topological polar surface area (TPSA) is 68.2 Å². The largest absolute Gasteiger partial charge is 0.496 e. The van der Waals surface area contributed by atoms with Gasteiger partial charge in [-0.2, -0.15) is 4.40 Å². The fourth-order valence-electron chi connectivity index (χ4n) is 4.09. The Morgan fingerprint density at radius 2 is 1.77 bits per heavy atom. The Labute approximate surface area is 182 Å². The average molecular weight is 435 g/mol. The first-order chi connectivity index (χ1) is 13.9. The molecule has 2 aliphatic rings. The van der Waals surface area contributed by atoms with Crippen LogP contribution in [0.3, 0.4) is 0 Å². The van der Waals surface area contributed by atoms with Crippen molar-refractivity contribution >= 4 is 22.8 Å². The Bertz CT molecular complexity index is 872. The van der Waals surface area contributed by atoms with Crippen molar-refractivity contribution in [2.45, 2.75) is 71.2 Å². The molecule has 30 heavy (non-hydrogen) atoms. The number of benzene rings is 1. The van der Waals surface area contributed by atoms with Gasteiger partial charge in [0.15, 0.2) is 0 Å². The summed E-state index contributed by atoms with van der Waals surface area (Å²) in [5.74, 6) is 0.841. The van der Waals surface area contributed by atoms with Gasteiger partial charge in [0.25, 0.3) is 0 Å². The number of methoxy groups -OCH3 is 1. The van der Waals surface area contributed by atoms with Gasteiger partial charge < -0.3 is 14.4 Å². The van der Waals surface area contributed by atoms with Gasteiger partial charge in [-0.1, -0.05) is 12.1 Å². The molecule has 166 valence electrons. The lowest BCUT2D eigenvalue weighted by molar-refractivity contribution is 0.0159. The van der Waals surface area contributed by atoms with Crippen molar-refractivity contribution < 1.29 is 18.5 Å². The van der Waals surface area contributed by atoms with Crippen LogP contribution in [0.2, 0.25) is 0 Å². The van der Waals surface area contributed by atoms with Crippen LogP contribution in [0, 0.1) is 5.41 Å². The second kappa shape index (κ2) is 7.98. The van der Waals surface area contributed by atoms with E-state index < -0.39 is 21.3 Å². The van der Waals surface area contributed by atoms with E-state index in [1.54, 1.807) is 12.0 Å². The second-order valence-corrected chi connectivity index (χ2v) is 12.1. The molecule has 0 N–H and O–H groups in total. The minimum Gasteiger partial charge on any atom is -0.496 e. The molecular weight excluding hydrogens is 400 g/mol. The summed E-state index contributed by atoms with van der Waals surface area (Å²) in [6.07, 6.45) is 2.02. The van der Waals surface area contributed by atoms with Crippen LogP contribution >= 0.6 is 0 Å². The number of hydrogen-bond acceptors (Lipinski definition) is 4. The van der Waals surface area contributed by atoms with E-state index in [0.29, 0.717) is 13.1 Å². The number of nitrogens with zero attached hydrogens (tertiary/aromatic N) is 2. The van der Waals surface area contributed by atoms with Crippen LogP contribution in [0.5, 0.6) is 5.75 Å². The number of piperidine rings is 1. The van der Waals surface area contributed by atoms with Gasteiger partial charge in [-0.3, -0.25) is 0 Å². The summed E-state index contributed by atoms with van der Waals surface area (Å²) in [6.45, 7) is 12.6. The highest BCUT2D eigenvalue weighted by Gasteiger charge is 2.48. The minimum atomic E-state index is -1.36. The number of hydrogen-bond donors (Lipinski definition) is 0. The van der Waals surface area contributed by atoms with Crippen molar-refractivity contribution in [3.8, 4) is 5.75 Å². The molecule has 7 heteroatoms. The fraction of sp³-hybridized carbons (Fsp3) is 0.652. The van der Waals surface area contributed by atoms with E-state index in [0.717, 1.165) is 41.9 Å². The summed E-state index contributed by atoms with van der Waals surface area (Å²) in [4.78, 5) is 14.3. The molecule has 1 fully saturated rings. The number of fused-ring (bicyclic) bond motifs is 1. The monoisotopic (exact) mass is 434 g/mol. The molecule has 1 aliphatic heterocycles. The fourth-order valence-corrected chi connectivity index (χ4v) is 4.82. The van der Waals surface area contributed by atoms with Crippen molar-refractivity contribution in [2.75, 3.05) is 20.2 Å². The average Bonchev–Trinajstić information content (AvgIpc) is 2.93. The van der Waals surface area contributed by atoms with Crippen molar-refractivity contribution in [2.24, 2.45) is 9.81 Å². The van der Waals surface area contributed by atoms with Crippen LogP contribution in [0.1, 0.15) is 65.5 Å². The van der Waals surface area contributed by atoms with E-state index >= 15 is 0 Å². The van der Waals surface area contributed by atoms with Crippen LogP contribution < -0.4 is 4.74 Å². The highest BCUT2D eigenvalue weighted by atomic mass is 32.2. The number of amides is 1. The van der Waals surface area contributed by atoms with E-state index in [4.69, 9.17) is 13.9 Å². The molecule has 1 atom stereocenters. The predicted octanol–water partition coefficient (Wildman–Crippen LogP) is 4.52.